The number of carbonyl (C=O) groups is 1. The van der Waals surface area contributed by atoms with Crippen LogP contribution in [0.5, 0.6) is 5.75 Å². The van der Waals surface area contributed by atoms with E-state index in [1.54, 1.807) is 6.92 Å². The quantitative estimate of drug-likeness (QED) is 0.0538. The Kier molecular flexibility index (Phi) is 29.1. The van der Waals surface area contributed by atoms with Crippen LogP contribution < -0.4 is 4.74 Å². The van der Waals surface area contributed by atoms with Crippen LogP contribution in [0.3, 0.4) is 0 Å². The van der Waals surface area contributed by atoms with Crippen molar-refractivity contribution in [3.8, 4) is 5.75 Å². The second-order valence-corrected chi connectivity index (χ2v) is 10.6. The topological polar surface area (TPSA) is 100 Å². The standard InChI is InChI=1S/C35H60O10/c1-4-5-6-7-8-9-10-11-33-12-14-34(15-13-33)44-30-28-42-26-24-40-22-20-38-18-16-37-17-19-39-21-23-41-25-27-43-29-31-45-35(36)32(2)3/h12-15H,2,4-11,16-31H2,1,3H3. The lowest BCUT2D eigenvalue weighted by atomic mass is 10.0. The molecule has 0 saturated heterocycles. The van der Waals surface area contributed by atoms with E-state index in [1.165, 1.54) is 50.5 Å². The zero-order valence-corrected chi connectivity index (χ0v) is 28.1. The number of rotatable bonds is 34. The normalized spacial score (nSPS) is 11.2. The molecule has 0 aliphatic carbocycles. The number of unbranched alkanes of at least 4 members (excludes halogenated alkanes) is 6. The Labute approximate surface area is 272 Å². The van der Waals surface area contributed by atoms with E-state index in [-0.39, 0.29) is 6.61 Å². The monoisotopic (exact) mass is 640 g/mol. The van der Waals surface area contributed by atoms with Crippen LogP contribution in [0.15, 0.2) is 36.4 Å². The Balaban J connectivity index is 1.74. The van der Waals surface area contributed by atoms with Crippen LogP contribution in [0.1, 0.15) is 64.4 Å². The molecule has 0 aromatic heterocycles. The molecule has 0 spiro atoms. The summed E-state index contributed by atoms with van der Waals surface area (Å²) in [7, 11) is 0. The Morgan fingerprint density at radius 3 is 1.33 bits per heavy atom. The molecule has 1 aromatic rings. The Morgan fingerprint density at radius 2 is 0.911 bits per heavy atom. The molecule has 0 N–H and O–H groups in total. The van der Waals surface area contributed by atoms with Gasteiger partial charge in [-0.05, 0) is 37.5 Å². The smallest absolute Gasteiger partial charge is 0.333 e. The number of carbonyl (C=O) groups excluding carboxylic acids is 1. The predicted octanol–water partition coefficient (Wildman–Crippen LogP) is 5.59. The summed E-state index contributed by atoms with van der Waals surface area (Å²) < 4.78 is 48.9. The molecule has 0 radical (unpaired) electrons. The van der Waals surface area contributed by atoms with Gasteiger partial charge in [0.15, 0.2) is 0 Å². The molecule has 1 rings (SSSR count). The summed E-state index contributed by atoms with van der Waals surface area (Å²) in [5.41, 5.74) is 1.75. The summed E-state index contributed by atoms with van der Waals surface area (Å²) in [6.07, 6.45) is 10.5. The summed E-state index contributed by atoms with van der Waals surface area (Å²) in [6, 6.07) is 8.44. The molecule has 0 bridgehead atoms. The number of aryl methyl sites for hydroxylation is 1. The second-order valence-electron chi connectivity index (χ2n) is 10.6. The first-order valence-corrected chi connectivity index (χ1v) is 16.7. The van der Waals surface area contributed by atoms with Crippen LogP contribution in [0.25, 0.3) is 0 Å². The van der Waals surface area contributed by atoms with E-state index in [2.05, 4.69) is 25.6 Å². The Hall–Kier alpha value is -2.05. The minimum absolute atomic E-state index is 0.204. The van der Waals surface area contributed by atoms with Crippen LogP contribution >= 0.6 is 0 Å². The van der Waals surface area contributed by atoms with Crippen molar-refractivity contribution in [3.05, 3.63) is 42.0 Å². The maximum Gasteiger partial charge on any atom is 0.333 e. The van der Waals surface area contributed by atoms with Gasteiger partial charge in [-0.25, -0.2) is 4.79 Å². The highest BCUT2D eigenvalue weighted by atomic mass is 16.6. The van der Waals surface area contributed by atoms with Gasteiger partial charge in [-0.2, -0.15) is 0 Å². The molecule has 10 nitrogen and oxygen atoms in total. The summed E-state index contributed by atoms with van der Waals surface area (Å²) in [5.74, 6) is 0.475. The fourth-order valence-electron chi connectivity index (χ4n) is 4.00. The van der Waals surface area contributed by atoms with E-state index in [9.17, 15) is 4.79 Å². The molecule has 0 fully saturated rings. The third-order valence-electron chi connectivity index (χ3n) is 6.53. The van der Waals surface area contributed by atoms with Crippen molar-refractivity contribution in [1.82, 2.24) is 0 Å². The van der Waals surface area contributed by atoms with Gasteiger partial charge in [-0.1, -0.05) is 64.2 Å². The van der Waals surface area contributed by atoms with Crippen LogP contribution in [-0.2, 0) is 49.1 Å². The van der Waals surface area contributed by atoms with Crippen LogP contribution in [-0.4, -0.2) is 112 Å². The van der Waals surface area contributed by atoms with Crippen LogP contribution in [0.2, 0.25) is 0 Å². The maximum atomic E-state index is 11.2. The van der Waals surface area contributed by atoms with Crippen molar-refractivity contribution in [3.63, 3.8) is 0 Å². The molecule has 0 atom stereocenters. The molecule has 1 aromatic carbocycles. The average molecular weight is 641 g/mol. The number of hydrogen-bond acceptors (Lipinski definition) is 10. The van der Waals surface area contributed by atoms with E-state index in [4.69, 9.17) is 42.6 Å². The third-order valence-corrected chi connectivity index (χ3v) is 6.53. The Bertz CT molecular complexity index is 802. The number of benzene rings is 1. The molecule has 0 saturated carbocycles. The molecule has 10 heteroatoms. The zero-order valence-electron chi connectivity index (χ0n) is 28.1. The average Bonchev–Trinajstić information content (AvgIpc) is 3.04. The molecular formula is C35H60O10. The predicted molar refractivity (Wildman–Crippen MR) is 175 cm³/mol. The van der Waals surface area contributed by atoms with Gasteiger partial charge in [0.05, 0.1) is 92.5 Å². The van der Waals surface area contributed by atoms with Crippen molar-refractivity contribution in [2.45, 2.75) is 65.2 Å². The lowest BCUT2D eigenvalue weighted by Gasteiger charge is -2.09. The molecule has 0 aliphatic heterocycles. The van der Waals surface area contributed by atoms with Crippen molar-refractivity contribution in [2.75, 3.05) is 106 Å². The Morgan fingerprint density at radius 1 is 0.533 bits per heavy atom. The van der Waals surface area contributed by atoms with E-state index < -0.39 is 5.97 Å². The van der Waals surface area contributed by atoms with Gasteiger partial charge in [0.25, 0.3) is 0 Å². The number of ether oxygens (including phenoxy) is 9. The van der Waals surface area contributed by atoms with E-state index in [0.29, 0.717) is 105 Å². The molecule has 0 amide bonds. The maximum absolute atomic E-state index is 11.2. The lowest BCUT2D eigenvalue weighted by molar-refractivity contribution is -0.140. The van der Waals surface area contributed by atoms with Gasteiger partial charge in [0, 0.05) is 5.57 Å². The SMILES string of the molecule is C=C(C)C(=O)OCCOCCOCCOCCOCCOCCOCCOCCOc1ccc(CCCCCCCCC)cc1. The van der Waals surface area contributed by atoms with Crippen LogP contribution in [0.4, 0.5) is 0 Å². The second kappa shape index (κ2) is 31.9. The summed E-state index contributed by atoms with van der Waals surface area (Å²) in [6.45, 7) is 14.9. The van der Waals surface area contributed by atoms with E-state index >= 15 is 0 Å². The highest BCUT2D eigenvalue weighted by molar-refractivity contribution is 5.86. The third kappa shape index (κ3) is 27.9. The number of esters is 1. The fourth-order valence-corrected chi connectivity index (χ4v) is 4.00. The number of hydrogen-bond donors (Lipinski definition) is 0. The van der Waals surface area contributed by atoms with Gasteiger partial charge in [0.2, 0.25) is 0 Å². The molecule has 260 valence electrons. The molecular weight excluding hydrogens is 580 g/mol. The van der Waals surface area contributed by atoms with Crippen molar-refractivity contribution < 1.29 is 47.4 Å². The van der Waals surface area contributed by atoms with Crippen LogP contribution in [0, 0.1) is 0 Å². The summed E-state index contributed by atoms with van der Waals surface area (Å²) in [5, 5.41) is 0. The fraction of sp³-hybridized carbons (Fsp3) is 0.743. The van der Waals surface area contributed by atoms with Gasteiger partial charge in [-0.15, -0.1) is 0 Å². The van der Waals surface area contributed by atoms with Crippen molar-refractivity contribution >= 4 is 5.97 Å². The summed E-state index contributed by atoms with van der Waals surface area (Å²) >= 11 is 0. The van der Waals surface area contributed by atoms with Crippen molar-refractivity contribution in [2.24, 2.45) is 0 Å². The molecule has 0 aliphatic rings. The van der Waals surface area contributed by atoms with Gasteiger partial charge in [0.1, 0.15) is 19.0 Å². The van der Waals surface area contributed by atoms with E-state index in [1.807, 2.05) is 12.1 Å². The first-order valence-electron chi connectivity index (χ1n) is 16.7. The largest absolute Gasteiger partial charge is 0.491 e. The summed E-state index contributed by atoms with van der Waals surface area (Å²) in [4.78, 5) is 11.2. The molecule has 0 heterocycles. The minimum atomic E-state index is -0.408. The lowest BCUT2D eigenvalue weighted by Crippen LogP contribution is -2.15. The first-order chi connectivity index (χ1) is 22.1. The van der Waals surface area contributed by atoms with Gasteiger partial charge >= 0.3 is 5.97 Å². The van der Waals surface area contributed by atoms with Crippen molar-refractivity contribution in [1.29, 1.82) is 0 Å². The zero-order chi connectivity index (χ0) is 32.5. The van der Waals surface area contributed by atoms with Gasteiger partial charge < -0.3 is 42.6 Å². The van der Waals surface area contributed by atoms with Gasteiger partial charge in [-0.3, -0.25) is 0 Å². The molecule has 45 heavy (non-hydrogen) atoms. The minimum Gasteiger partial charge on any atom is -0.491 e. The highest BCUT2D eigenvalue weighted by Gasteiger charge is 2.02. The molecule has 0 unspecified atom stereocenters. The van der Waals surface area contributed by atoms with E-state index in [0.717, 1.165) is 12.2 Å². The highest BCUT2D eigenvalue weighted by Crippen LogP contribution is 2.15. The first kappa shape index (κ1) is 41.0.